The molecular weight excluding hydrogens is 287 g/mol. The normalized spacial score (nSPS) is 12.2. The van der Waals surface area contributed by atoms with Gasteiger partial charge < -0.3 is 20.1 Å². The van der Waals surface area contributed by atoms with Crippen LogP contribution in [0.2, 0.25) is 0 Å². The Morgan fingerprint density at radius 1 is 1.62 bits per heavy atom. The summed E-state index contributed by atoms with van der Waals surface area (Å²) in [5.74, 6) is -3.73. The predicted octanol–water partition coefficient (Wildman–Crippen LogP) is 1.42. The van der Waals surface area contributed by atoms with Crippen molar-refractivity contribution >= 4 is 21.9 Å². The van der Waals surface area contributed by atoms with Crippen LogP contribution in [0.25, 0.3) is 0 Å². The number of hydrogen-bond acceptors (Lipinski definition) is 4. The first-order valence-electron chi connectivity index (χ1n) is 4.05. The van der Waals surface area contributed by atoms with Crippen LogP contribution in [0.4, 0.5) is 4.39 Å². The van der Waals surface area contributed by atoms with Crippen molar-refractivity contribution in [2.75, 3.05) is 7.11 Å². The summed E-state index contributed by atoms with van der Waals surface area (Å²) in [5.41, 5.74) is -0.498. The largest absolute Gasteiger partial charge is 0.504 e. The summed E-state index contributed by atoms with van der Waals surface area (Å²) < 4.78 is 18.2. The van der Waals surface area contributed by atoms with Crippen molar-refractivity contribution in [1.82, 2.24) is 0 Å². The number of halogens is 2. The summed E-state index contributed by atoms with van der Waals surface area (Å²) in [7, 11) is 1.11. The number of benzene rings is 1. The minimum absolute atomic E-state index is 0.0572. The maximum Gasteiger partial charge on any atom is 0.337 e. The van der Waals surface area contributed by atoms with Gasteiger partial charge in [-0.3, -0.25) is 0 Å². The van der Waals surface area contributed by atoms with Crippen LogP contribution in [0.3, 0.4) is 0 Å². The third-order valence-corrected chi connectivity index (χ3v) is 2.56. The number of phenolic OH excluding ortho intramolecular Hbond substituents is 1. The third kappa shape index (κ3) is 2.10. The molecule has 3 N–H and O–H groups in total. The van der Waals surface area contributed by atoms with Gasteiger partial charge in [0.1, 0.15) is 0 Å². The minimum Gasteiger partial charge on any atom is -0.504 e. The highest BCUT2D eigenvalue weighted by molar-refractivity contribution is 9.10. The molecule has 0 heterocycles. The van der Waals surface area contributed by atoms with Crippen LogP contribution in [0.5, 0.6) is 11.5 Å². The number of methoxy groups -OCH3 is 1. The highest BCUT2D eigenvalue weighted by Gasteiger charge is 2.27. The Labute approximate surface area is 98.2 Å². The highest BCUT2D eigenvalue weighted by atomic mass is 79.9. The predicted molar refractivity (Wildman–Crippen MR) is 54.9 cm³/mol. The number of carbonyl (C=O) groups is 1. The smallest absolute Gasteiger partial charge is 0.337 e. The zero-order valence-corrected chi connectivity index (χ0v) is 9.65. The topological polar surface area (TPSA) is 87.0 Å². The van der Waals surface area contributed by atoms with Gasteiger partial charge in [0.05, 0.1) is 7.11 Å². The van der Waals surface area contributed by atoms with E-state index in [1.807, 2.05) is 0 Å². The molecule has 1 aromatic rings. The molecule has 0 fully saturated rings. The van der Waals surface area contributed by atoms with Crippen LogP contribution in [0.15, 0.2) is 10.5 Å². The molecule has 0 saturated carbocycles. The molecule has 0 spiro atoms. The van der Waals surface area contributed by atoms with E-state index >= 15 is 0 Å². The number of hydrogen-bond donors (Lipinski definition) is 3. The van der Waals surface area contributed by atoms with E-state index in [4.69, 9.17) is 5.11 Å². The summed E-state index contributed by atoms with van der Waals surface area (Å²) in [6, 6.07) is 1.05. The van der Waals surface area contributed by atoms with Crippen LogP contribution >= 0.6 is 15.9 Å². The van der Waals surface area contributed by atoms with Crippen LogP contribution in [-0.4, -0.2) is 28.4 Å². The SMILES string of the molecule is COc1c(O)cc(Br)c(C(O)C(=O)O)c1F. The van der Waals surface area contributed by atoms with Crippen molar-refractivity contribution in [3.05, 3.63) is 21.9 Å². The number of aromatic hydroxyl groups is 1. The highest BCUT2D eigenvalue weighted by Crippen LogP contribution is 2.38. The van der Waals surface area contributed by atoms with E-state index in [0.29, 0.717) is 0 Å². The minimum atomic E-state index is -2.04. The maximum absolute atomic E-state index is 13.7. The van der Waals surface area contributed by atoms with Crippen LogP contribution in [-0.2, 0) is 4.79 Å². The molecule has 1 unspecified atom stereocenters. The summed E-state index contributed by atoms with van der Waals surface area (Å²) in [5, 5.41) is 27.1. The fraction of sp³-hybridized carbons (Fsp3) is 0.222. The van der Waals surface area contributed by atoms with Crippen molar-refractivity contribution in [1.29, 1.82) is 0 Å². The first-order valence-corrected chi connectivity index (χ1v) is 4.85. The van der Waals surface area contributed by atoms with Gasteiger partial charge in [-0.05, 0) is 6.07 Å². The Hall–Kier alpha value is -1.34. The van der Waals surface area contributed by atoms with Crippen LogP contribution in [0, 0.1) is 5.82 Å². The Bertz CT molecular complexity index is 434. The average Bonchev–Trinajstić information content (AvgIpc) is 2.17. The van der Waals surface area contributed by atoms with Gasteiger partial charge in [-0.25, -0.2) is 9.18 Å². The summed E-state index contributed by atoms with van der Waals surface area (Å²) in [4.78, 5) is 10.5. The second kappa shape index (κ2) is 4.67. The van der Waals surface area contributed by atoms with E-state index in [0.717, 1.165) is 13.2 Å². The second-order valence-electron chi connectivity index (χ2n) is 2.88. The Morgan fingerprint density at radius 3 is 2.62 bits per heavy atom. The molecule has 7 heteroatoms. The number of aliphatic carboxylic acids is 1. The molecule has 16 heavy (non-hydrogen) atoms. The van der Waals surface area contributed by atoms with Crippen molar-refractivity contribution in [2.45, 2.75) is 6.10 Å². The lowest BCUT2D eigenvalue weighted by molar-refractivity contribution is -0.147. The van der Waals surface area contributed by atoms with Gasteiger partial charge in [-0.2, -0.15) is 0 Å². The van der Waals surface area contributed by atoms with Crippen LogP contribution < -0.4 is 4.74 Å². The Morgan fingerprint density at radius 2 is 2.19 bits per heavy atom. The molecule has 0 aromatic heterocycles. The number of carboxylic acid groups (broad SMARTS) is 1. The average molecular weight is 295 g/mol. The molecule has 0 saturated heterocycles. The molecule has 0 aliphatic rings. The molecule has 1 aromatic carbocycles. The second-order valence-corrected chi connectivity index (χ2v) is 3.73. The molecule has 0 bridgehead atoms. The Balaban J connectivity index is 3.45. The van der Waals surface area contributed by atoms with Crippen LogP contribution in [0.1, 0.15) is 11.7 Å². The molecule has 0 amide bonds. The van der Waals surface area contributed by atoms with E-state index in [2.05, 4.69) is 20.7 Å². The van der Waals surface area contributed by atoms with E-state index in [1.54, 1.807) is 0 Å². The van der Waals surface area contributed by atoms with Gasteiger partial charge in [0.15, 0.2) is 23.4 Å². The first-order chi connectivity index (χ1) is 7.40. The number of carboxylic acids is 1. The molecular formula is C9H8BrFO5. The number of phenols is 1. The van der Waals surface area contributed by atoms with Gasteiger partial charge in [0, 0.05) is 10.0 Å². The lowest BCUT2D eigenvalue weighted by Gasteiger charge is -2.13. The number of aliphatic hydroxyl groups is 1. The van der Waals surface area contributed by atoms with Crippen molar-refractivity contribution in [3.63, 3.8) is 0 Å². The fourth-order valence-electron chi connectivity index (χ4n) is 1.17. The maximum atomic E-state index is 13.7. The summed E-state index contributed by atoms with van der Waals surface area (Å²) in [6.07, 6.45) is -2.04. The zero-order valence-electron chi connectivity index (χ0n) is 8.07. The molecule has 1 rings (SSSR count). The number of aliphatic hydroxyl groups excluding tert-OH is 1. The van der Waals surface area contributed by atoms with E-state index < -0.39 is 35.0 Å². The van der Waals surface area contributed by atoms with Gasteiger partial charge in [0.25, 0.3) is 0 Å². The molecule has 0 aliphatic heterocycles. The van der Waals surface area contributed by atoms with E-state index in [9.17, 15) is 19.4 Å². The van der Waals surface area contributed by atoms with Crippen molar-refractivity contribution < 1.29 is 29.2 Å². The number of ether oxygens (including phenoxy) is 1. The lowest BCUT2D eigenvalue weighted by atomic mass is 10.1. The lowest BCUT2D eigenvalue weighted by Crippen LogP contribution is -2.13. The molecule has 0 aliphatic carbocycles. The Kier molecular flexibility index (Phi) is 3.71. The quantitative estimate of drug-likeness (QED) is 0.785. The van der Waals surface area contributed by atoms with E-state index in [1.165, 1.54) is 0 Å². The fourth-order valence-corrected chi connectivity index (χ4v) is 1.78. The summed E-state index contributed by atoms with van der Waals surface area (Å²) >= 11 is 2.85. The van der Waals surface area contributed by atoms with Crippen molar-refractivity contribution in [3.8, 4) is 11.5 Å². The van der Waals surface area contributed by atoms with E-state index in [-0.39, 0.29) is 4.47 Å². The van der Waals surface area contributed by atoms with Gasteiger partial charge in [0.2, 0.25) is 0 Å². The zero-order chi connectivity index (χ0) is 12.5. The standard InChI is InChI=1S/C9H8BrFO5/c1-16-8-4(12)2-3(10)5(6(8)11)7(13)9(14)15/h2,7,12-13H,1H3,(H,14,15). The van der Waals surface area contributed by atoms with Gasteiger partial charge in [-0.1, -0.05) is 15.9 Å². The first kappa shape index (κ1) is 12.7. The summed E-state index contributed by atoms with van der Waals surface area (Å²) in [6.45, 7) is 0. The van der Waals surface area contributed by atoms with Gasteiger partial charge >= 0.3 is 5.97 Å². The van der Waals surface area contributed by atoms with Crippen molar-refractivity contribution in [2.24, 2.45) is 0 Å². The molecule has 5 nitrogen and oxygen atoms in total. The monoisotopic (exact) mass is 294 g/mol. The van der Waals surface area contributed by atoms with Gasteiger partial charge in [-0.15, -0.1) is 0 Å². The third-order valence-electron chi connectivity index (χ3n) is 1.90. The molecule has 88 valence electrons. The molecule has 1 atom stereocenters. The number of rotatable bonds is 3. The molecule has 0 radical (unpaired) electrons.